The molecule has 0 radical (unpaired) electrons. The van der Waals surface area contributed by atoms with Crippen LogP contribution >= 0.6 is 15.9 Å². The van der Waals surface area contributed by atoms with Gasteiger partial charge in [-0.15, -0.1) is 0 Å². The number of hydrogen-bond donors (Lipinski definition) is 1. The standard InChI is InChI=1S/C21H25BrN2O/c1-7-24-15-9-8-13(21(4,5)6)10-14(15)16-11(2)17(20(23)25)18(22)12(3)19(16)24/h8-10H,7H2,1-6H3,(H2,23,25). The number of nitrogens with two attached hydrogens (primary N) is 1. The zero-order chi connectivity index (χ0) is 18.7. The number of carbonyl (C=O) groups excluding carboxylic acids is 1. The van der Waals surface area contributed by atoms with Crippen LogP contribution < -0.4 is 5.73 Å². The zero-order valence-electron chi connectivity index (χ0n) is 15.7. The van der Waals surface area contributed by atoms with E-state index >= 15 is 0 Å². The third-order valence-electron chi connectivity index (χ3n) is 5.15. The van der Waals surface area contributed by atoms with Gasteiger partial charge in [0.2, 0.25) is 5.91 Å². The predicted molar refractivity (Wildman–Crippen MR) is 110 cm³/mol. The highest BCUT2D eigenvalue weighted by molar-refractivity contribution is 9.10. The van der Waals surface area contributed by atoms with Crippen LogP contribution in [0, 0.1) is 13.8 Å². The number of amides is 1. The third kappa shape index (κ3) is 2.58. The molecule has 3 aromatic rings. The van der Waals surface area contributed by atoms with Crippen LogP contribution in [0.4, 0.5) is 0 Å². The molecule has 0 aliphatic rings. The Bertz CT molecular complexity index is 1020. The van der Waals surface area contributed by atoms with E-state index in [1.54, 1.807) is 0 Å². The van der Waals surface area contributed by atoms with Gasteiger partial charge in [0.25, 0.3) is 0 Å². The summed E-state index contributed by atoms with van der Waals surface area (Å²) in [5.74, 6) is -0.390. The van der Waals surface area contributed by atoms with Crippen LogP contribution in [0.2, 0.25) is 0 Å². The van der Waals surface area contributed by atoms with Gasteiger partial charge in [0.1, 0.15) is 0 Å². The van der Waals surface area contributed by atoms with Gasteiger partial charge < -0.3 is 10.3 Å². The first-order valence-electron chi connectivity index (χ1n) is 8.64. The summed E-state index contributed by atoms with van der Waals surface area (Å²) < 4.78 is 3.13. The second-order valence-electron chi connectivity index (χ2n) is 7.75. The SMILES string of the molecule is CCn1c2ccc(C(C)(C)C)cc2c2c(C)c(C(N)=O)c(Br)c(C)c21. The first kappa shape index (κ1) is 18.0. The lowest BCUT2D eigenvalue weighted by Crippen LogP contribution is -2.14. The van der Waals surface area contributed by atoms with Crippen molar-refractivity contribution in [2.45, 2.75) is 53.5 Å². The summed E-state index contributed by atoms with van der Waals surface area (Å²) in [5.41, 5.74) is 12.0. The van der Waals surface area contributed by atoms with E-state index in [1.807, 2.05) is 13.8 Å². The second kappa shape index (κ2) is 5.87. The first-order valence-corrected chi connectivity index (χ1v) is 9.43. The van der Waals surface area contributed by atoms with Crippen LogP contribution in [0.25, 0.3) is 21.8 Å². The van der Waals surface area contributed by atoms with Crippen LogP contribution in [0.5, 0.6) is 0 Å². The maximum atomic E-state index is 12.1. The van der Waals surface area contributed by atoms with E-state index in [0.717, 1.165) is 27.5 Å². The Balaban J connectivity index is 2.61. The molecule has 2 N–H and O–H groups in total. The second-order valence-corrected chi connectivity index (χ2v) is 8.55. The lowest BCUT2D eigenvalue weighted by atomic mass is 9.86. The van der Waals surface area contributed by atoms with Crippen molar-refractivity contribution in [2.75, 3.05) is 0 Å². The Morgan fingerprint density at radius 3 is 2.36 bits per heavy atom. The summed E-state index contributed by atoms with van der Waals surface area (Å²) in [7, 11) is 0. The molecule has 0 atom stereocenters. The van der Waals surface area contributed by atoms with Crippen LogP contribution in [0.1, 0.15) is 54.7 Å². The van der Waals surface area contributed by atoms with Crippen LogP contribution in [-0.4, -0.2) is 10.5 Å². The van der Waals surface area contributed by atoms with Gasteiger partial charge in [-0.3, -0.25) is 4.79 Å². The molecule has 1 aromatic heterocycles. The Labute approximate surface area is 157 Å². The molecule has 25 heavy (non-hydrogen) atoms. The highest BCUT2D eigenvalue weighted by Gasteiger charge is 2.23. The van der Waals surface area contributed by atoms with Crippen LogP contribution in [0.3, 0.4) is 0 Å². The number of aromatic nitrogens is 1. The number of rotatable bonds is 2. The molecule has 132 valence electrons. The summed E-state index contributed by atoms with van der Waals surface area (Å²) in [6.45, 7) is 13.7. The Kier molecular flexibility index (Phi) is 4.23. The maximum absolute atomic E-state index is 12.1. The molecule has 3 rings (SSSR count). The minimum absolute atomic E-state index is 0.0691. The van der Waals surface area contributed by atoms with E-state index in [2.05, 4.69) is 66.4 Å². The molecule has 3 nitrogen and oxygen atoms in total. The van der Waals surface area contributed by atoms with E-state index in [1.165, 1.54) is 22.0 Å². The largest absolute Gasteiger partial charge is 0.366 e. The summed E-state index contributed by atoms with van der Waals surface area (Å²) >= 11 is 3.61. The van der Waals surface area contributed by atoms with Crippen molar-refractivity contribution in [3.8, 4) is 0 Å². The van der Waals surface area contributed by atoms with Crippen LogP contribution in [0.15, 0.2) is 22.7 Å². The molecule has 0 saturated heterocycles. The van der Waals surface area contributed by atoms with Crippen LogP contribution in [-0.2, 0) is 12.0 Å². The molecular weight excluding hydrogens is 376 g/mol. The van der Waals surface area contributed by atoms with Gasteiger partial charge >= 0.3 is 0 Å². The fraction of sp³-hybridized carbons (Fsp3) is 0.381. The number of aryl methyl sites for hydroxylation is 3. The van der Waals surface area contributed by atoms with Gasteiger partial charge in [-0.1, -0.05) is 26.8 Å². The fourth-order valence-electron chi connectivity index (χ4n) is 3.79. The van der Waals surface area contributed by atoms with Crippen molar-refractivity contribution in [3.63, 3.8) is 0 Å². The first-order chi connectivity index (χ1) is 11.6. The molecule has 0 spiro atoms. The number of carbonyl (C=O) groups is 1. The number of fused-ring (bicyclic) bond motifs is 3. The molecule has 1 heterocycles. The number of benzene rings is 2. The van der Waals surface area contributed by atoms with Gasteiger partial charge in [-0.2, -0.15) is 0 Å². The number of primary amides is 1. The Morgan fingerprint density at radius 2 is 1.84 bits per heavy atom. The van der Waals surface area contributed by atoms with E-state index in [0.29, 0.717) is 5.56 Å². The maximum Gasteiger partial charge on any atom is 0.250 e. The molecule has 0 fully saturated rings. The molecule has 1 amide bonds. The smallest absolute Gasteiger partial charge is 0.250 e. The van der Waals surface area contributed by atoms with E-state index < -0.39 is 5.91 Å². The summed E-state index contributed by atoms with van der Waals surface area (Å²) in [5, 5.41) is 2.33. The highest BCUT2D eigenvalue weighted by Crippen LogP contribution is 2.40. The normalized spacial score (nSPS) is 12.3. The highest BCUT2D eigenvalue weighted by atomic mass is 79.9. The quantitative estimate of drug-likeness (QED) is 0.598. The average Bonchev–Trinajstić information content (AvgIpc) is 2.85. The minimum atomic E-state index is -0.390. The molecule has 4 heteroatoms. The molecule has 0 unspecified atom stereocenters. The lowest BCUT2D eigenvalue weighted by molar-refractivity contribution is 0.0999. The molecule has 2 aromatic carbocycles. The molecule has 0 saturated carbocycles. The fourth-order valence-corrected chi connectivity index (χ4v) is 4.47. The van der Waals surface area contributed by atoms with Crippen molar-refractivity contribution in [1.29, 1.82) is 0 Å². The summed E-state index contributed by atoms with van der Waals surface area (Å²) in [6, 6.07) is 6.69. The number of nitrogens with zero attached hydrogens (tertiary/aromatic N) is 1. The molecule has 0 bridgehead atoms. The van der Waals surface area contributed by atoms with Crippen molar-refractivity contribution < 1.29 is 4.79 Å². The zero-order valence-corrected chi connectivity index (χ0v) is 17.3. The van der Waals surface area contributed by atoms with E-state index in [-0.39, 0.29) is 5.41 Å². The van der Waals surface area contributed by atoms with Crippen molar-refractivity contribution in [1.82, 2.24) is 4.57 Å². The van der Waals surface area contributed by atoms with Gasteiger partial charge in [0.15, 0.2) is 0 Å². The van der Waals surface area contributed by atoms with E-state index in [4.69, 9.17) is 5.73 Å². The van der Waals surface area contributed by atoms with Crippen molar-refractivity contribution >= 4 is 43.6 Å². The molecule has 0 aliphatic heterocycles. The Hall–Kier alpha value is -1.81. The number of hydrogen-bond acceptors (Lipinski definition) is 1. The van der Waals surface area contributed by atoms with Gasteiger partial charge in [-0.25, -0.2) is 0 Å². The predicted octanol–water partition coefficient (Wildman–Crippen LogP) is 5.59. The molecule has 0 aliphatic carbocycles. The minimum Gasteiger partial charge on any atom is -0.366 e. The number of halogens is 1. The van der Waals surface area contributed by atoms with E-state index in [9.17, 15) is 4.79 Å². The van der Waals surface area contributed by atoms with Gasteiger partial charge in [0.05, 0.1) is 11.1 Å². The molecular formula is C21H25BrN2O. The third-order valence-corrected chi connectivity index (χ3v) is 6.14. The lowest BCUT2D eigenvalue weighted by Gasteiger charge is -2.19. The van der Waals surface area contributed by atoms with Gasteiger partial charge in [0, 0.05) is 27.3 Å². The monoisotopic (exact) mass is 400 g/mol. The Morgan fingerprint density at radius 1 is 1.20 bits per heavy atom. The topological polar surface area (TPSA) is 48.0 Å². The van der Waals surface area contributed by atoms with Crippen molar-refractivity contribution in [3.05, 3.63) is 44.9 Å². The summed E-state index contributed by atoms with van der Waals surface area (Å²) in [6.07, 6.45) is 0. The summed E-state index contributed by atoms with van der Waals surface area (Å²) in [4.78, 5) is 12.1. The van der Waals surface area contributed by atoms with Gasteiger partial charge in [-0.05, 0) is 70.9 Å². The van der Waals surface area contributed by atoms with Crippen molar-refractivity contribution in [2.24, 2.45) is 5.73 Å². The average molecular weight is 401 g/mol.